The molecule has 0 aromatic heterocycles. The molecule has 0 saturated heterocycles. The van der Waals surface area contributed by atoms with Crippen molar-refractivity contribution >= 4 is 29.0 Å². The second-order valence-corrected chi connectivity index (χ2v) is 4.73. The Bertz CT molecular complexity index is 660. The number of Topliss-reactive ketones (excluding diaryl/α,β-unsaturated/α-hetero) is 1. The molecule has 2 nitrogen and oxygen atoms in total. The van der Waals surface area contributed by atoms with Crippen molar-refractivity contribution in [2.75, 3.05) is 6.61 Å². The molecular formula is C14H8Cl2F2O2. The molecule has 0 amide bonds. The van der Waals surface area contributed by atoms with Crippen LogP contribution in [0.3, 0.4) is 0 Å². The summed E-state index contributed by atoms with van der Waals surface area (Å²) in [6.45, 7) is -0.388. The zero-order valence-corrected chi connectivity index (χ0v) is 11.5. The van der Waals surface area contributed by atoms with E-state index in [4.69, 9.17) is 27.9 Å². The Hall–Kier alpha value is -1.65. The van der Waals surface area contributed by atoms with Crippen molar-refractivity contribution < 1.29 is 18.3 Å². The van der Waals surface area contributed by atoms with Gasteiger partial charge in [0.25, 0.3) is 0 Å². The Morgan fingerprint density at radius 1 is 1.05 bits per heavy atom. The van der Waals surface area contributed by atoms with Gasteiger partial charge in [0.1, 0.15) is 17.4 Å². The van der Waals surface area contributed by atoms with Crippen LogP contribution < -0.4 is 4.74 Å². The number of ketones is 1. The Kier molecular flexibility index (Phi) is 4.57. The third-order valence-electron chi connectivity index (χ3n) is 2.49. The predicted molar refractivity (Wildman–Crippen MR) is 72.6 cm³/mol. The summed E-state index contributed by atoms with van der Waals surface area (Å²) in [5, 5.41) is 0.638. The molecule has 2 rings (SSSR count). The van der Waals surface area contributed by atoms with Gasteiger partial charge in [-0.25, -0.2) is 8.78 Å². The minimum atomic E-state index is -0.923. The highest BCUT2D eigenvalue weighted by molar-refractivity contribution is 6.42. The molecule has 0 bridgehead atoms. The lowest BCUT2D eigenvalue weighted by molar-refractivity contribution is 0.0917. The topological polar surface area (TPSA) is 26.3 Å². The van der Waals surface area contributed by atoms with Gasteiger partial charge in [-0.15, -0.1) is 0 Å². The molecule has 0 saturated carbocycles. The third-order valence-corrected chi connectivity index (χ3v) is 3.23. The van der Waals surface area contributed by atoms with Gasteiger partial charge in [0, 0.05) is 12.1 Å². The molecule has 2 aromatic rings. The molecule has 20 heavy (non-hydrogen) atoms. The molecule has 0 unspecified atom stereocenters. The summed E-state index contributed by atoms with van der Waals surface area (Å²) in [5.74, 6) is -1.94. The van der Waals surface area contributed by atoms with Gasteiger partial charge in [-0.2, -0.15) is 0 Å². The zero-order chi connectivity index (χ0) is 14.7. The average molecular weight is 317 g/mol. The number of halogens is 4. The predicted octanol–water partition coefficient (Wildman–Crippen LogP) is 4.53. The quantitative estimate of drug-likeness (QED) is 0.774. The summed E-state index contributed by atoms with van der Waals surface area (Å²) in [7, 11) is 0. The Morgan fingerprint density at radius 2 is 1.80 bits per heavy atom. The van der Waals surface area contributed by atoms with Crippen LogP contribution in [0.5, 0.6) is 5.75 Å². The van der Waals surface area contributed by atoms with Gasteiger partial charge in [-0.05, 0) is 24.3 Å². The number of ether oxygens (including phenoxy) is 1. The second kappa shape index (κ2) is 6.20. The summed E-state index contributed by atoms with van der Waals surface area (Å²) in [6, 6.07) is 7.22. The fraction of sp³-hybridized carbons (Fsp3) is 0.0714. The van der Waals surface area contributed by atoms with E-state index in [-0.39, 0.29) is 17.2 Å². The van der Waals surface area contributed by atoms with E-state index in [9.17, 15) is 13.6 Å². The van der Waals surface area contributed by atoms with Crippen LogP contribution in [0.15, 0.2) is 36.4 Å². The molecule has 0 fully saturated rings. The Morgan fingerprint density at radius 3 is 2.45 bits per heavy atom. The van der Waals surface area contributed by atoms with E-state index in [1.807, 2.05) is 0 Å². The van der Waals surface area contributed by atoms with Gasteiger partial charge in [0.05, 0.1) is 15.6 Å². The van der Waals surface area contributed by atoms with Crippen LogP contribution in [0.1, 0.15) is 10.4 Å². The minimum absolute atomic E-state index is 0.230. The highest BCUT2D eigenvalue weighted by Crippen LogP contribution is 2.26. The summed E-state index contributed by atoms with van der Waals surface area (Å²) >= 11 is 11.5. The largest absolute Gasteiger partial charge is 0.485 e. The van der Waals surface area contributed by atoms with Crippen LogP contribution in [-0.2, 0) is 0 Å². The molecule has 0 spiro atoms. The van der Waals surface area contributed by atoms with Crippen LogP contribution in [0.25, 0.3) is 0 Å². The molecule has 6 heteroatoms. The summed E-state index contributed by atoms with van der Waals surface area (Å²) in [4.78, 5) is 11.8. The van der Waals surface area contributed by atoms with Gasteiger partial charge in [-0.3, -0.25) is 4.79 Å². The number of carbonyl (C=O) groups is 1. The van der Waals surface area contributed by atoms with E-state index in [0.29, 0.717) is 16.8 Å². The first kappa shape index (κ1) is 14.8. The lowest BCUT2D eigenvalue weighted by Crippen LogP contribution is -2.13. The lowest BCUT2D eigenvalue weighted by atomic mass is 10.1. The van der Waals surface area contributed by atoms with E-state index < -0.39 is 17.4 Å². The van der Waals surface area contributed by atoms with Crippen molar-refractivity contribution in [3.05, 3.63) is 63.6 Å². The van der Waals surface area contributed by atoms with E-state index in [0.717, 1.165) is 12.1 Å². The molecule has 0 aliphatic rings. The van der Waals surface area contributed by atoms with E-state index >= 15 is 0 Å². The molecule has 0 aliphatic carbocycles. The average Bonchev–Trinajstić information content (AvgIpc) is 2.40. The number of hydrogen-bond donors (Lipinski definition) is 0. The van der Waals surface area contributed by atoms with Crippen molar-refractivity contribution in [3.63, 3.8) is 0 Å². The fourth-order valence-electron chi connectivity index (χ4n) is 1.51. The fourth-order valence-corrected chi connectivity index (χ4v) is 1.80. The monoisotopic (exact) mass is 316 g/mol. The molecule has 104 valence electrons. The molecule has 0 heterocycles. The smallest absolute Gasteiger partial charge is 0.203 e. The first-order chi connectivity index (χ1) is 9.47. The highest BCUT2D eigenvalue weighted by Gasteiger charge is 2.13. The van der Waals surface area contributed by atoms with E-state index in [1.165, 1.54) is 18.2 Å². The number of benzene rings is 2. The number of hydrogen-bond acceptors (Lipinski definition) is 2. The third kappa shape index (κ3) is 3.46. The van der Waals surface area contributed by atoms with E-state index in [2.05, 4.69) is 0 Å². The minimum Gasteiger partial charge on any atom is -0.485 e. The maximum Gasteiger partial charge on any atom is 0.203 e. The normalized spacial score (nSPS) is 10.4. The van der Waals surface area contributed by atoms with Crippen LogP contribution in [-0.4, -0.2) is 12.4 Å². The van der Waals surface area contributed by atoms with Crippen molar-refractivity contribution in [2.24, 2.45) is 0 Å². The molecular weight excluding hydrogens is 309 g/mol. The van der Waals surface area contributed by atoms with Gasteiger partial charge < -0.3 is 4.74 Å². The maximum absolute atomic E-state index is 13.4. The van der Waals surface area contributed by atoms with Gasteiger partial charge in [-0.1, -0.05) is 23.2 Å². The van der Waals surface area contributed by atoms with Gasteiger partial charge >= 0.3 is 0 Å². The summed E-state index contributed by atoms with van der Waals surface area (Å²) in [5.41, 5.74) is -0.230. The van der Waals surface area contributed by atoms with Gasteiger partial charge in [0.2, 0.25) is 5.78 Å². The van der Waals surface area contributed by atoms with Crippen molar-refractivity contribution in [2.45, 2.75) is 0 Å². The van der Waals surface area contributed by atoms with Crippen molar-refractivity contribution in [1.82, 2.24) is 0 Å². The Labute approximate surface area is 123 Å². The summed E-state index contributed by atoms with van der Waals surface area (Å²) < 4.78 is 31.3. The standard InChI is InChI=1S/C14H8Cl2F2O2/c15-11-4-2-9(6-12(11)16)20-7-14(19)10-3-1-8(17)5-13(10)18/h1-6H,7H2. The highest BCUT2D eigenvalue weighted by atomic mass is 35.5. The molecule has 0 radical (unpaired) electrons. The van der Waals surface area contributed by atoms with Crippen molar-refractivity contribution in [1.29, 1.82) is 0 Å². The molecule has 0 aliphatic heterocycles. The van der Waals surface area contributed by atoms with Crippen molar-refractivity contribution in [3.8, 4) is 5.75 Å². The zero-order valence-electron chi connectivity index (χ0n) is 10.00. The van der Waals surface area contributed by atoms with Crippen LogP contribution in [0.2, 0.25) is 10.0 Å². The molecule has 2 aromatic carbocycles. The van der Waals surface area contributed by atoms with Crippen LogP contribution in [0, 0.1) is 11.6 Å². The molecule has 0 N–H and O–H groups in total. The van der Waals surface area contributed by atoms with E-state index in [1.54, 1.807) is 0 Å². The first-order valence-electron chi connectivity index (χ1n) is 5.53. The van der Waals surface area contributed by atoms with Gasteiger partial charge in [0.15, 0.2) is 6.61 Å². The van der Waals surface area contributed by atoms with Crippen LogP contribution in [0.4, 0.5) is 8.78 Å². The first-order valence-corrected chi connectivity index (χ1v) is 6.29. The second-order valence-electron chi connectivity index (χ2n) is 3.91. The van der Waals surface area contributed by atoms with Crippen LogP contribution >= 0.6 is 23.2 Å². The summed E-state index contributed by atoms with van der Waals surface area (Å²) in [6.07, 6.45) is 0. The number of carbonyl (C=O) groups excluding carboxylic acids is 1. The number of rotatable bonds is 4. The molecule has 0 atom stereocenters. The Balaban J connectivity index is 2.06. The lowest BCUT2D eigenvalue weighted by Gasteiger charge is -2.07. The SMILES string of the molecule is O=C(COc1ccc(Cl)c(Cl)c1)c1ccc(F)cc1F. The maximum atomic E-state index is 13.4.